The number of ether oxygens (including phenoxy) is 1. The predicted octanol–water partition coefficient (Wildman–Crippen LogP) is 1.59. The van der Waals surface area contributed by atoms with Crippen LogP contribution in [0.15, 0.2) is 5.38 Å². The second kappa shape index (κ2) is 8.85. The van der Waals surface area contributed by atoms with Gasteiger partial charge in [-0.05, 0) is 19.9 Å². The topological polar surface area (TPSA) is 71.5 Å². The summed E-state index contributed by atoms with van der Waals surface area (Å²) in [5.74, 6) is -0.562. The van der Waals surface area contributed by atoms with Crippen LogP contribution in [0.25, 0.3) is 0 Å². The average molecular weight is 327 g/mol. The van der Waals surface area contributed by atoms with E-state index in [9.17, 15) is 9.59 Å². The third-order valence-corrected chi connectivity index (χ3v) is 4.32. The van der Waals surface area contributed by atoms with Gasteiger partial charge in [0, 0.05) is 11.9 Å². The van der Waals surface area contributed by atoms with E-state index in [2.05, 4.69) is 10.3 Å². The van der Waals surface area contributed by atoms with E-state index < -0.39 is 12.0 Å². The van der Waals surface area contributed by atoms with Gasteiger partial charge in [-0.15, -0.1) is 11.3 Å². The average Bonchev–Trinajstić information content (AvgIpc) is 2.87. The van der Waals surface area contributed by atoms with Crippen molar-refractivity contribution in [1.82, 2.24) is 15.2 Å². The Morgan fingerprint density at radius 1 is 1.50 bits per heavy atom. The zero-order valence-electron chi connectivity index (χ0n) is 13.9. The molecule has 6 nitrogen and oxygen atoms in total. The monoisotopic (exact) mass is 327 g/mol. The van der Waals surface area contributed by atoms with Crippen molar-refractivity contribution < 1.29 is 14.3 Å². The van der Waals surface area contributed by atoms with E-state index in [0.29, 0.717) is 6.54 Å². The third kappa shape index (κ3) is 5.73. The van der Waals surface area contributed by atoms with Gasteiger partial charge < -0.3 is 10.1 Å². The zero-order valence-corrected chi connectivity index (χ0v) is 14.7. The van der Waals surface area contributed by atoms with Gasteiger partial charge in [0.2, 0.25) is 5.91 Å². The van der Waals surface area contributed by atoms with Crippen molar-refractivity contribution in [2.75, 3.05) is 20.7 Å². The van der Waals surface area contributed by atoms with Crippen molar-refractivity contribution >= 4 is 23.2 Å². The number of thiazole rings is 1. The van der Waals surface area contributed by atoms with Gasteiger partial charge in [-0.2, -0.15) is 0 Å². The van der Waals surface area contributed by atoms with Crippen molar-refractivity contribution in [3.63, 3.8) is 0 Å². The maximum atomic E-state index is 12.1. The molecule has 0 aliphatic carbocycles. The summed E-state index contributed by atoms with van der Waals surface area (Å²) in [6.45, 7) is 6.66. The van der Waals surface area contributed by atoms with E-state index in [1.807, 2.05) is 38.1 Å². The number of aryl methyl sites for hydroxylation is 1. The van der Waals surface area contributed by atoms with E-state index in [1.165, 1.54) is 7.11 Å². The molecular formula is C15H25N3O3S. The van der Waals surface area contributed by atoms with Crippen LogP contribution in [0.3, 0.4) is 0 Å². The standard InChI is InChI=1S/C15H25N3O3S/c1-6-10(2)14(15(20)21-5)17-13(19)8-18(4)7-12-9-22-11(3)16-12/h9-10,14H,6-8H2,1-5H3,(H,17,19). The van der Waals surface area contributed by atoms with Crippen LogP contribution in [0.4, 0.5) is 0 Å². The first-order chi connectivity index (χ1) is 10.4. The molecule has 0 saturated heterocycles. The number of methoxy groups -OCH3 is 1. The Balaban J connectivity index is 2.53. The minimum atomic E-state index is -0.600. The number of hydrogen-bond donors (Lipinski definition) is 1. The molecule has 0 fully saturated rings. The van der Waals surface area contributed by atoms with E-state index >= 15 is 0 Å². The molecule has 0 aliphatic heterocycles. The summed E-state index contributed by atoms with van der Waals surface area (Å²) in [5, 5.41) is 5.76. The number of likely N-dealkylation sites (N-methyl/N-ethyl adjacent to an activating group) is 1. The molecule has 0 radical (unpaired) electrons. The fourth-order valence-electron chi connectivity index (χ4n) is 2.07. The first-order valence-electron chi connectivity index (χ1n) is 7.34. The molecule has 0 saturated carbocycles. The van der Waals surface area contributed by atoms with Gasteiger partial charge in [0.05, 0.1) is 24.4 Å². The SMILES string of the molecule is CCC(C)C(NC(=O)CN(C)Cc1csc(C)n1)C(=O)OC. The summed E-state index contributed by atoms with van der Waals surface area (Å²) in [5.41, 5.74) is 0.948. The lowest BCUT2D eigenvalue weighted by molar-refractivity contribution is -0.146. The summed E-state index contributed by atoms with van der Waals surface area (Å²) in [6.07, 6.45) is 0.786. The first-order valence-corrected chi connectivity index (χ1v) is 8.22. The van der Waals surface area contributed by atoms with Crippen molar-refractivity contribution in [1.29, 1.82) is 0 Å². The predicted molar refractivity (Wildman–Crippen MR) is 86.6 cm³/mol. The van der Waals surface area contributed by atoms with Gasteiger partial charge >= 0.3 is 5.97 Å². The van der Waals surface area contributed by atoms with E-state index in [-0.39, 0.29) is 18.4 Å². The van der Waals surface area contributed by atoms with Gasteiger partial charge in [0.1, 0.15) is 6.04 Å². The van der Waals surface area contributed by atoms with Crippen molar-refractivity contribution in [3.05, 3.63) is 16.1 Å². The Hall–Kier alpha value is -1.47. The van der Waals surface area contributed by atoms with Crippen LogP contribution in [0.2, 0.25) is 0 Å². The molecule has 1 N–H and O–H groups in total. The lowest BCUT2D eigenvalue weighted by Gasteiger charge is -2.23. The number of hydrogen-bond acceptors (Lipinski definition) is 6. The van der Waals surface area contributed by atoms with Crippen LogP contribution in [-0.4, -0.2) is 48.5 Å². The van der Waals surface area contributed by atoms with Crippen molar-refractivity contribution in [3.8, 4) is 0 Å². The number of nitrogens with zero attached hydrogens (tertiary/aromatic N) is 2. The molecule has 2 unspecified atom stereocenters. The summed E-state index contributed by atoms with van der Waals surface area (Å²) < 4.78 is 4.76. The fraction of sp³-hybridized carbons (Fsp3) is 0.667. The van der Waals surface area contributed by atoms with Crippen molar-refractivity contribution in [2.45, 2.75) is 39.8 Å². The van der Waals surface area contributed by atoms with Crippen molar-refractivity contribution in [2.24, 2.45) is 5.92 Å². The number of rotatable bonds is 8. The molecule has 0 aliphatic rings. The molecule has 1 aromatic heterocycles. The van der Waals surface area contributed by atoms with Crippen LogP contribution in [-0.2, 0) is 20.9 Å². The van der Waals surface area contributed by atoms with E-state index in [1.54, 1.807) is 11.3 Å². The van der Waals surface area contributed by atoms with Crippen LogP contribution >= 0.6 is 11.3 Å². The van der Waals surface area contributed by atoms with E-state index in [0.717, 1.165) is 17.1 Å². The zero-order chi connectivity index (χ0) is 16.7. The number of nitrogens with one attached hydrogen (secondary N) is 1. The molecule has 0 spiro atoms. The maximum Gasteiger partial charge on any atom is 0.328 e. The Bertz CT molecular complexity index is 504. The number of carbonyl (C=O) groups is 2. The molecule has 7 heteroatoms. The molecule has 0 bridgehead atoms. The molecule has 124 valence electrons. The molecule has 1 aromatic rings. The number of carbonyl (C=O) groups excluding carboxylic acids is 2. The van der Waals surface area contributed by atoms with E-state index in [4.69, 9.17) is 4.74 Å². The smallest absolute Gasteiger partial charge is 0.328 e. The highest BCUT2D eigenvalue weighted by atomic mass is 32.1. The quantitative estimate of drug-likeness (QED) is 0.734. The van der Waals surface area contributed by atoms with Crippen LogP contribution in [0, 0.1) is 12.8 Å². The Morgan fingerprint density at radius 2 is 2.18 bits per heavy atom. The summed E-state index contributed by atoms with van der Waals surface area (Å²) in [6, 6.07) is -0.600. The number of amides is 1. The lowest BCUT2D eigenvalue weighted by Crippen LogP contribution is -2.48. The van der Waals surface area contributed by atoms with Crippen LogP contribution in [0.1, 0.15) is 31.0 Å². The summed E-state index contributed by atoms with van der Waals surface area (Å²) in [7, 11) is 3.19. The molecule has 0 aromatic carbocycles. The second-order valence-corrected chi connectivity index (χ2v) is 6.55. The van der Waals surface area contributed by atoms with Gasteiger partial charge in [-0.1, -0.05) is 20.3 Å². The molecule has 1 rings (SSSR count). The minimum Gasteiger partial charge on any atom is -0.467 e. The Kier molecular flexibility index (Phi) is 7.47. The van der Waals surface area contributed by atoms with Gasteiger partial charge in [0.25, 0.3) is 0 Å². The Labute approximate surface area is 135 Å². The molecule has 1 amide bonds. The Morgan fingerprint density at radius 3 is 2.68 bits per heavy atom. The summed E-state index contributed by atoms with van der Waals surface area (Å²) >= 11 is 1.59. The molecule has 22 heavy (non-hydrogen) atoms. The highest BCUT2D eigenvalue weighted by Crippen LogP contribution is 2.11. The van der Waals surface area contributed by atoms with Gasteiger partial charge in [-0.3, -0.25) is 9.69 Å². The highest BCUT2D eigenvalue weighted by molar-refractivity contribution is 7.09. The molecule has 1 heterocycles. The largest absolute Gasteiger partial charge is 0.467 e. The maximum absolute atomic E-state index is 12.1. The molecule has 2 atom stereocenters. The van der Waals surface area contributed by atoms with Crippen LogP contribution < -0.4 is 5.32 Å². The highest BCUT2D eigenvalue weighted by Gasteiger charge is 2.26. The third-order valence-electron chi connectivity index (χ3n) is 3.50. The van der Waals surface area contributed by atoms with Crippen LogP contribution in [0.5, 0.6) is 0 Å². The second-order valence-electron chi connectivity index (χ2n) is 5.48. The molecular weight excluding hydrogens is 302 g/mol. The normalized spacial score (nSPS) is 13.7. The number of esters is 1. The minimum absolute atomic E-state index is 0.0305. The number of aromatic nitrogens is 1. The summed E-state index contributed by atoms with van der Waals surface area (Å²) in [4.78, 5) is 30.1. The fourth-order valence-corrected chi connectivity index (χ4v) is 2.68. The first kappa shape index (κ1) is 18.6. The lowest BCUT2D eigenvalue weighted by atomic mass is 9.99. The van der Waals surface area contributed by atoms with Gasteiger partial charge in [0.15, 0.2) is 0 Å². The van der Waals surface area contributed by atoms with Gasteiger partial charge in [-0.25, -0.2) is 9.78 Å².